The van der Waals surface area contributed by atoms with E-state index in [4.69, 9.17) is 0 Å². The van der Waals surface area contributed by atoms with Crippen LogP contribution in [0.15, 0.2) is 48.8 Å². The average molecular weight is 295 g/mol. The highest BCUT2D eigenvalue weighted by molar-refractivity contribution is 6.03. The van der Waals surface area contributed by atoms with Gasteiger partial charge in [0.15, 0.2) is 0 Å². The molecule has 5 heteroatoms. The number of nitrogens with one attached hydrogen (secondary N) is 1. The second-order valence-electron chi connectivity index (χ2n) is 5.42. The summed E-state index contributed by atoms with van der Waals surface area (Å²) in [6.45, 7) is 2.38. The van der Waals surface area contributed by atoms with Crippen LogP contribution in [-0.4, -0.2) is 23.3 Å². The maximum Gasteiger partial charge on any atom is 0.229 e. The maximum atomic E-state index is 12.3. The van der Waals surface area contributed by atoms with E-state index in [1.54, 1.807) is 29.4 Å². The van der Waals surface area contributed by atoms with Gasteiger partial charge in [0.25, 0.3) is 0 Å². The molecule has 1 fully saturated rings. The van der Waals surface area contributed by atoms with Gasteiger partial charge in [0.1, 0.15) is 0 Å². The lowest BCUT2D eigenvalue weighted by molar-refractivity contribution is -0.122. The number of aromatic nitrogens is 1. The Bertz CT molecular complexity index is 700. The van der Waals surface area contributed by atoms with E-state index < -0.39 is 0 Å². The fourth-order valence-corrected chi connectivity index (χ4v) is 2.66. The van der Waals surface area contributed by atoms with Gasteiger partial charge in [-0.25, -0.2) is 0 Å². The van der Waals surface area contributed by atoms with E-state index >= 15 is 0 Å². The van der Waals surface area contributed by atoms with Gasteiger partial charge >= 0.3 is 0 Å². The molecule has 5 nitrogen and oxygen atoms in total. The van der Waals surface area contributed by atoms with Gasteiger partial charge in [0, 0.05) is 36.7 Å². The number of rotatable bonds is 3. The van der Waals surface area contributed by atoms with Crippen molar-refractivity contribution in [1.29, 1.82) is 0 Å². The van der Waals surface area contributed by atoms with Gasteiger partial charge in [0.2, 0.25) is 11.8 Å². The van der Waals surface area contributed by atoms with Crippen molar-refractivity contribution in [3.05, 3.63) is 54.4 Å². The molecule has 1 aliphatic heterocycles. The van der Waals surface area contributed by atoms with Crippen LogP contribution in [-0.2, 0) is 9.59 Å². The zero-order valence-corrected chi connectivity index (χ0v) is 12.3. The minimum absolute atomic E-state index is 0.0100. The Kier molecular flexibility index (Phi) is 3.87. The van der Waals surface area contributed by atoms with Crippen LogP contribution in [0.5, 0.6) is 0 Å². The molecule has 2 aromatic rings. The highest BCUT2D eigenvalue weighted by atomic mass is 16.2. The van der Waals surface area contributed by atoms with E-state index in [-0.39, 0.29) is 24.2 Å². The van der Waals surface area contributed by atoms with Gasteiger partial charge in [-0.1, -0.05) is 18.2 Å². The fourth-order valence-electron chi connectivity index (χ4n) is 2.66. The summed E-state index contributed by atoms with van der Waals surface area (Å²) < 4.78 is 0. The summed E-state index contributed by atoms with van der Waals surface area (Å²) >= 11 is 0. The molecular formula is C17H17N3O2. The minimum Gasteiger partial charge on any atom is -0.326 e. The molecule has 22 heavy (non-hydrogen) atoms. The smallest absolute Gasteiger partial charge is 0.229 e. The van der Waals surface area contributed by atoms with Crippen molar-refractivity contribution < 1.29 is 9.59 Å². The standard InChI is InChI=1S/C17H17N3O2/c1-12-4-2-3-5-15(12)20-11-13(10-16(20)21)17(22)19-14-6-8-18-9-7-14/h2-9,13H,10-11H2,1H3,(H,18,19,22)/t13-/m0/s1. The predicted molar refractivity (Wildman–Crippen MR) is 84.5 cm³/mol. The van der Waals surface area contributed by atoms with E-state index in [1.165, 1.54) is 0 Å². The molecule has 0 radical (unpaired) electrons. The summed E-state index contributed by atoms with van der Waals surface area (Å²) in [6, 6.07) is 11.2. The summed E-state index contributed by atoms with van der Waals surface area (Å²) in [4.78, 5) is 30.2. The van der Waals surface area contributed by atoms with Crippen LogP contribution >= 0.6 is 0 Å². The Labute approximate surface area is 129 Å². The molecule has 0 saturated carbocycles. The van der Waals surface area contributed by atoms with Crippen LogP contribution in [0, 0.1) is 12.8 Å². The van der Waals surface area contributed by atoms with Gasteiger partial charge in [-0.2, -0.15) is 0 Å². The van der Waals surface area contributed by atoms with Crippen molar-refractivity contribution in [3.8, 4) is 0 Å². The van der Waals surface area contributed by atoms with Crippen molar-refractivity contribution in [1.82, 2.24) is 4.98 Å². The number of para-hydroxylation sites is 1. The average Bonchev–Trinajstić information content (AvgIpc) is 2.91. The van der Waals surface area contributed by atoms with Crippen LogP contribution < -0.4 is 10.2 Å². The molecule has 1 aromatic carbocycles. The Morgan fingerprint density at radius 2 is 1.95 bits per heavy atom. The molecular weight excluding hydrogens is 278 g/mol. The van der Waals surface area contributed by atoms with E-state index in [1.807, 2.05) is 31.2 Å². The summed E-state index contributed by atoms with van der Waals surface area (Å²) in [5.74, 6) is -0.472. The summed E-state index contributed by atoms with van der Waals surface area (Å²) in [5, 5.41) is 2.83. The molecule has 1 aromatic heterocycles. The van der Waals surface area contributed by atoms with Crippen molar-refractivity contribution in [2.45, 2.75) is 13.3 Å². The van der Waals surface area contributed by atoms with Crippen LogP contribution in [0.1, 0.15) is 12.0 Å². The highest BCUT2D eigenvalue weighted by Crippen LogP contribution is 2.28. The van der Waals surface area contributed by atoms with Crippen LogP contribution in [0.2, 0.25) is 0 Å². The van der Waals surface area contributed by atoms with Crippen LogP contribution in [0.3, 0.4) is 0 Å². The highest BCUT2D eigenvalue weighted by Gasteiger charge is 2.35. The zero-order valence-electron chi connectivity index (χ0n) is 12.3. The molecule has 1 atom stereocenters. The molecule has 1 saturated heterocycles. The molecule has 0 aliphatic carbocycles. The molecule has 1 N–H and O–H groups in total. The third-order valence-electron chi connectivity index (χ3n) is 3.85. The lowest BCUT2D eigenvalue weighted by atomic mass is 10.1. The molecule has 1 aliphatic rings. The normalized spacial score (nSPS) is 17.6. The quantitative estimate of drug-likeness (QED) is 0.945. The minimum atomic E-state index is -0.333. The maximum absolute atomic E-state index is 12.3. The second kappa shape index (κ2) is 5.97. The zero-order chi connectivity index (χ0) is 15.5. The summed E-state index contributed by atoms with van der Waals surface area (Å²) in [6.07, 6.45) is 3.48. The third-order valence-corrected chi connectivity index (χ3v) is 3.85. The Morgan fingerprint density at radius 3 is 2.68 bits per heavy atom. The first-order valence-electron chi connectivity index (χ1n) is 7.22. The number of hydrogen-bond donors (Lipinski definition) is 1. The lowest BCUT2D eigenvalue weighted by Crippen LogP contribution is -2.28. The molecule has 2 amide bonds. The summed E-state index contributed by atoms with van der Waals surface area (Å²) in [7, 11) is 0. The number of pyridine rings is 1. The largest absolute Gasteiger partial charge is 0.326 e. The molecule has 0 spiro atoms. The number of aryl methyl sites for hydroxylation is 1. The molecule has 3 rings (SSSR count). The molecule has 112 valence electrons. The molecule has 0 unspecified atom stereocenters. The lowest BCUT2D eigenvalue weighted by Gasteiger charge is -2.18. The van der Waals surface area contributed by atoms with Crippen molar-refractivity contribution in [2.75, 3.05) is 16.8 Å². The monoisotopic (exact) mass is 295 g/mol. The first-order valence-corrected chi connectivity index (χ1v) is 7.22. The number of amides is 2. The topological polar surface area (TPSA) is 62.3 Å². The predicted octanol–water partition coefficient (Wildman–Crippen LogP) is 2.38. The Balaban J connectivity index is 1.72. The SMILES string of the molecule is Cc1ccccc1N1C[C@@H](C(=O)Nc2ccncc2)CC1=O. The molecule has 0 bridgehead atoms. The van der Waals surface area contributed by atoms with Crippen molar-refractivity contribution in [3.63, 3.8) is 0 Å². The second-order valence-corrected chi connectivity index (χ2v) is 5.42. The van der Waals surface area contributed by atoms with Gasteiger partial charge in [0.05, 0.1) is 5.92 Å². The first kappa shape index (κ1) is 14.3. The number of nitrogens with zero attached hydrogens (tertiary/aromatic N) is 2. The van der Waals surface area contributed by atoms with Crippen molar-refractivity contribution in [2.24, 2.45) is 5.92 Å². The number of hydrogen-bond acceptors (Lipinski definition) is 3. The van der Waals surface area contributed by atoms with E-state index in [9.17, 15) is 9.59 Å². The van der Waals surface area contributed by atoms with Crippen LogP contribution in [0.25, 0.3) is 0 Å². The number of benzene rings is 1. The van der Waals surface area contributed by atoms with Gasteiger partial charge in [-0.3, -0.25) is 14.6 Å². The van der Waals surface area contributed by atoms with E-state index in [2.05, 4.69) is 10.3 Å². The third kappa shape index (κ3) is 2.83. The first-order chi connectivity index (χ1) is 10.6. The Morgan fingerprint density at radius 1 is 1.23 bits per heavy atom. The summed E-state index contributed by atoms with van der Waals surface area (Å²) in [5.41, 5.74) is 2.61. The number of carbonyl (C=O) groups excluding carboxylic acids is 2. The van der Waals surface area contributed by atoms with E-state index in [0.29, 0.717) is 12.2 Å². The number of carbonyl (C=O) groups is 2. The Hall–Kier alpha value is -2.69. The number of anilines is 2. The molecule has 2 heterocycles. The van der Waals surface area contributed by atoms with E-state index in [0.717, 1.165) is 11.3 Å². The van der Waals surface area contributed by atoms with Crippen molar-refractivity contribution >= 4 is 23.2 Å². The van der Waals surface area contributed by atoms with Gasteiger partial charge < -0.3 is 10.2 Å². The van der Waals surface area contributed by atoms with Gasteiger partial charge in [-0.05, 0) is 30.7 Å². The fraction of sp³-hybridized carbons (Fsp3) is 0.235. The van der Waals surface area contributed by atoms with Gasteiger partial charge in [-0.15, -0.1) is 0 Å². The van der Waals surface area contributed by atoms with Crippen LogP contribution in [0.4, 0.5) is 11.4 Å².